The Morgan fingerprint density at radius 2 is 0.925 bits per heavy atom. The number of hydrogen-bond donors (Lipinski definition) is 0. The number of benzene rings is 7. The summed E-state index contributed by atoms with van der Waals surface area (Å²) in [6, 6.07) is 53.7. The molecule has 0 saturated carbocycles. The van der Waals surface area contributed by atoms with Gasteiger partial charge in [0.1, 0.15) is 23.2 Å². The highest BCUT2D eigenvalue weighted by atomic mass is 79.9. The predicted molar refractivity (Wildman–Crippen MR) is 174 cm³/mol. The highest BCUT2D eigenvalue weighted by Crippen LogP contribution is 2.60. The van der Waals surface area contributed by atoms with Gasteiger partial charge in [0.2, 0.25) is 0 Å². The van der Waals surface area contributed by atoms with E-state index >= 15 is 0 Å². The fourth-order valence-electron chi connectivity index (χ4n) is 6.42. The van der Waals surface area contributed by atoms with Crippen molar-refractivity contribution in [1.82, 2.24) is 0 Å². The molecule has 40 heavy (non-hydrogen) atoms. The van der Waals surface area contributed by atoms with Crippen LogP contribution in [0.1, 0.15) is 12.5 Å². The van der Waals surface area contributed by atoms with Crippen LogP contribution in [0.2, 0.25) is 0 Å². The van der Waals surface area contributed by atoms with Crippen LogP contribution in [0.15, 0.2) is 152 Å². The molecule has 7 aromatic carbocycles. The molecule has 194 valence electrons. The van der Waals surface area contributed by atoms with Crippen molar-refractivity contribution in [3.8, 4) is 0 Å². The molecule has 1 atom stereocenters. The molecule has 0 N–H and O–H groups in total. The highest BCUT2D eigenvalue weighted by Gasteiger charge is 2.49. The first kappa shape index (κ1) is 26.5. The monoisotopic (exact) mass is 596 g/mol. The molecule has 1 unspecified atom stereocenters. The van der Waals surface area contributed by atoms with Crippen LogP contribution < -0.4 is 32.9 Å². The molecule has 0 nitrogen and oxygen atoms in total. The molecule has 7 aromatic rings. The van der Waals surface area contributed by atoms with Gasteiger partial charge in [0, 0.05) is 0 Å². The third-order valence-electron chi connectivity index (χ3n) is 8.22. The Labute approximate surface area is 247 Å². The van der Waals surface area contributed by atoms with Crippen molar-refractivity contribution in [2.24, 2.45) is 0 Å². The number of allylic oxidation sites excluding steroid dienone is 1. The summed E-state index contributed by atoms with van der Waals surface area (Å²) < 4.78 is 0. The van der Waals surface area contributed by atoms with Gasteiger partial charge in [-0.25, -0.2) is 0 Å². The van der Waals surface area contributed by atoms with Gasteiger partial charge in [-0.3, -0.25) is 0 Å². The molecule has 0 aliphatic heterocycles. The second kappa shape index (κ2) is 11.0. The maximum absolute atomic E-state index is 2.47. The van der Waals surface area contributed by atoms with Crippen LogP contribution in [0.5, 0.6) is 0 Å². The highest BCUT2D eigenvalue weighted by molar-refractivity contribution is 7.96. The maximum atomic E-state index is 2.47. The lowest BCUT2D eigenvalue weighted by Crippen LogP contribution is -3.00. The van der Waals surface area contributed by atoms with Gasteiger partial charge in [-0.2, -0.15) is 0 Å². The molecule has 7 rings (SSSR count). The van der Waals surface area contributed by atoms with Gasteiger partial charge in [-0.05, 0) is 87.3 Å². The summed E-state index contributed by atoms with van der Waals surface area (Å²) in [5.41, 5.74) is 1.57. The van der Waals surface area contributed by atoms with E-state index in [4.69, 9.17) is 0 Å². The van der Waals surface area contributed by atoms with E-state index in [1.54, 1.807) is 0 Å². The van der Waals surface area contributed by atoms with Gasteiger partial charge in [0.25, 0.3) is 0 Å². The van der Waals surface area contributed by atoms with Crippen molar-refractivity contribution < 1.29 is 17.0 Å². The van der Waals surface area contributed by atoms with Crippen molar-refractivity contribution in [2.75, 3.05) is 0 Å². The first-order chi connectivity index (χ1) is 19.3. The van der Waals surface area contributed by atoms with E-state index in [0.29, 0.717) is 5.66 Å². The lowest BCUT2D eigenvalue weighted by atomic mass is 9.92. The van der Waals surface area contributed by atoms with Crippen LogP contribution in [-0.2, 0) is 0 Å². The Morgan fingerprint density at radius 1 is 0.475 bits per heavy atom. The minimum Gasteiger partial charge on any atom is -1.00 e. The van der Waals surface area contributed by atoms with Crippen molar-refractivity contribution in [3.05, 3.63) is 157 Å². The Kier molecular flexibility index (Phi) is 7.28. The summed E-state index contributed by atoms with van der Waals surface area (Å²) in [5, 5.41) is 12.2. The maximum Gasteiger partial charge on any atom is 0.118 e. The summed E-state index contributed by atoms with van der Waals surface area (Å²) >= 11 is 0. The van der Waals surface area contributed by atoms with Crippen LogP contribution in [0, 0.1) is 0 Å². The molecule has 0 bridgehead atoms. The van der Waals surface area contributed by atoms with Gasteiger partial charge >= 0.3 is 0 Å². The summed E-state index contributed by atoms with van der Waals surface area (Å²) in [6.45, 7) is 2.41. The summed E-state index contributed by atoms with van der Waals surface area (Å²) in [7, 11) is -1.99. The Bertz CT molecular complexity index is 1800. The molecule has 0 amide bonds. The minimum absolute atomic E-state index is 0. The zero-order valence-corrected chi connectivity index (χ0v) is 24.9. The lowest BCUT2D eigenvalue weighted by molar-refractivity contribution is -0.00000727. The molecule has 2 heteroatoms. The number of hydrogen-bond acceptors (Lipinski definition) is 0. The second-order valence-electron chi connectivity index (χ2n) is 10.3. The molecule has 0 saturated heterocycles. The van der Waals surface area contributed by atoms with Crippen molar-refractivity contribution in [3.63, 3.8) is 0 Å². The second-order valence-corrected chi connectivity index (χ2v) is 14.1. The normalized spacial score (nSPS) is 12.7. The Morgan fingerprint density at radius 3 is 1.45 bits per heavy atom. The van der Waals surface area contributed by atoms with Crippen molar-refractivity contribution in [2.45, 2.75) is 12.6 Å². The third kappa shape index (κ3) is 4.26. The molecule has 0 spiro atoms. The molecule has 0 aromatic heterocycles. The zero-order valence-electron chi connectivity index (χ0n) is 22.4. The quantitative estimate of drug-likeness (QED) is 0.164. The molecule has 0 radical (unpaired) electrons. The largest absolute Gasteiger partial charge is 1.00 e. The summed E-state index contributed by atoms with van der Waals surface area (Å²) in [5.74, 6) is 0. The van der Waals surface area contributed by atoms with Crippen LogP contribution in [0.4, 0.5) is 0 Å². The van der Waals surface area contributed by atoms with E-state index in [9.17, 15) is 0 Å². The van der Waals surface area contributed by atoms with Gasteiger partial charge in [0.05, 0.1) is 5.66 Å². The first-order valence-electron chi connectivity index (χ1n) is 13.7. The first-order valence-corrected chi connectivity index (χ1v) is 15.5. The average Bonchev–Trinajstić information content (AvgIpc) is 3.01. The molecule has 0 aliphatic carbocycles. The summed E-state index contributed by atoms with van der Waals surface area (Å²) in [6.07, 6.45) is 4.84. The topological polar surface area (TPSA) is 0 Å². The van der Waals surface area contributed by atoms with E-state index in [1.165, 1.54) is 53.8 Å². The summed E-state index contributed by atoms with van der Waals surface area (Å²) in [4.78, 5) is 0. The molecule has 0 heterocycles. The van der Waals surface area contributed by atoms with Gasteiger partial charge in [-0.1, -0.05) is 115 Å². The molecule has 0 aliphatic rings. The molecular formula is C38H30BrP. The third-order valence-corrected chi connectivity index (χ3v) is 12.9. The number of halogens is 1. The van der Waals surface area contributed by atoms with E-state index < -0.39 is 7.26 Å². The van der Waals surface area contributed by atoms with Crippen molar-refractivity contribution in [1.29, 1.82) is 0 Å². The van der Waals surface area contributed by atoms with Crippen molar-refractivity contribution >= 4 is 61.6 Å². The van der Waals surface area contributed by atoms with E-state index in [1.807, 2.05) is 0 Å². The Hall–Kier alpha value is -3.77. The predicted octanol–water partition coefficient (Wildman–Crippen LogP) is 5.98. The van der Waals surface area contributed by atoms with Crippen LogP contribution in [0.25, 0.3) is 38.4 Å². The Balaban J connectivity index is 0.00000289. The minimum atomic E-state index is -1.99. The van der Waals surface area contributed by atoms with Crippen LogP contribution in [-0.4, -0.2) is 5.66 Å². The van der Waals surface area contributed by atoms with Crippen LogP contribution in [0.3, 0.4) is 0 Å². The van der Waals surface area contributed by atoms with Crippen LogP contribution >= 0.6 is 7.26 Å². The fourth-order valence-corrected chi connectivity index (χ4v) is 11.0. The number of rotatable bonds is 6. The van der Waals surface area contributed by atoms with E-state index in [-0.39, 0.29) is 17.0 Å². The van der Waals surface area contributed by atoms with E-state index in [0.717, 1.165) is 0 Å². The fraction of sp³-hybridized carbons (Fsp3) is 0.0526. The van der Waals surface area contributed by atoms with Gasteiger partial charge < -0.3 is 17.0 Å². The SMILES string of the molecule is CC(/C=C/c1ccc2ccc3cccc4ccc1c2c34)[P+](c1ccccc1)(c1ccccc1)c1ccccc1.[Br-]. The van der Waals surface area contributed by atoms with E-state index in [2.05, 4.69) is 165 Å². The standard InChI is InChI=1S/C38H30P.BrH/c1-28(20-21-29-22-23-32-25-24-30-12-11-13-31-26-27-36(29)38(32)37(30)31)39(33-14-5-2-6-15-33,34-16-7-3-8-17-34)35-18-9-4-10-19-35;/h2-28H,1H3;1H/q+1;/p-1/b21-20+;. The smallest absolute Gasteiger partial charge is 0.118 e. The molecular weight excluding hydrogens is 567 g/mol. The zero-order chi connectivity index (χ0) is 26.2. The van der Waals surface area contributed by atoms with Gasteiger partial charge in [0.15, 0.2) is 0 Å². The average molecular weight is 598 g/mol. The molecule has 0 fully saturated rings. The lowest BCUT2D eigenvalue weighted by Gasteiger charge is -2.31. The van der Waals surface area contributed by atoms with Gasteiger partial charge in [-0.15, -0.1) is 0 Å².